The molecule has 0 radical (unpaired) electrons. The highest BCUT2D eigenvalue weighted by Gasteiger charge is 2.15. The molecule has 7 nitrogen and oxygen atoms in total. The molecule has 0 saturated carbocycles. The number of pyridine rings is 1. The van der Waals surface area contributed by atoms with Gasteiger partial charge in [0.1, 0.15) is 0 Å². The minimum absolute atomic E-state index is 0.162. The third-order valence-corrected chi connectivity index (χ3v) is 3.67. The van der Waals surface area contributed by atoms with E-state index in [0.29, 0.717) is 12.2 Å². The fourth-order valence-electron chi connectivity index (χ4n) is 1.73. The van der Waals surface area contributed by atoms with E-state index in [1.54, 1.807) is 18.5 Å². The van der Waals surface area contributed by atoms with Crippen LogP contribution < -0.4 is 10.5 Å². The molecule has 0 unspecified atom stereocenters. The van der Waals surface area contributed by atoms with Crippen LogP contribution in [0.1, 0.15) is 15.9 Å². The van der Waals surface area contributed by atoms with Crippen LogP contribution in [0.2, 0.25) is 0 Å². The van der Waals surface area contributed by atoms with Gasteiger partial charge in [0.25, 0.3) is 0 Å². The van der Waals surface area contributed by atoms with Gasteiger partial charge in [-0.25, -0.2) is 18.4 Å². The highest BCUT2D eigenvalue weighted by molar-refractivity contribution is 7.89. The Kier molecular flexibility index (Phi) is 4.20. The summed E-state index contributed by atoms with van der Waals surface area (Å²) in [5, 5.41) is 17.1. The molecule has 1 aromatic heterocycles. The zero-order chi connectivity index (χ0) is 15.5. The van der Waals surface area contributed by atoms with Crippen LogP contribution in [0.4, 0.5) is 5.69 Å². The minimum atomic E-state index is -3.94. The Labute approximate surface area is 121 Å². The van der Waals surface area contributed by atoms with Gasteiger partial charge in [0.2, 0.25) is 10.0 Å². The molecule has 0 aliphatic carbocycles. The molecule has 2 aromatic rings. The number of nitrogens with one attached hydrogen (secondary N) is 1. The number of carbonyl (C=O) groups is 1. The second kappa shape index (κ2) is 5.90. The first kappa shape index (κ1) is 14.9. The zero-order valence-electron chi connectivity index (χ0n) is 10.9. The number of carboxylic acids is 1. The average molecular weight is 307 g/mol. The molecular weight excluding hydrogens is 294 g/mol. The van der Waals surface area contributed by atoms with Crippen molar-refractivity contribution >= 4 is 21.7 Å². The summed E-state index contributed by atoms with van der Waals surface area (Å²) >= 11 is 0. The Morgan fingerprint density at radius 1 is 1.33 bits per heavy atom. The van der Waals surface area contributed by atoms with Crippen LogP contribution in [-0.2, 0) is 16.6 Å². The maximum absolute atomic E-state index is 11.3. The Hall–Kier alpha value is -2.45. The molecule has 0 spiro atoms. The molecule has 4 N–H and O–H groups in total. The molecular formula is C13H13N3O4S. The number of rotatable bonds is 5. The number of carboxylic acid groups (broad SMARTS) is 1. The number of nitrogens with zero attached hydrogens (tertiary/aromatic N) is 1. The Bertz CT molecular complexity index is 760. The van der Waals surface area contributed by atoms with Crippen molar-refractivity contribution in [3.05, 3.63) is 53.9 Å². The molecule has 110 valence electrons. The standard InChI is InChI=1S/C13H13N3O4S/c14-21(19,20)10-3-4-12(11(6-10)13(17)18)16-8-9-2-1-5-15-7-9/h1-7,16H,8H2,(H,17,18)(H2,14,19,20). The third kappa shape index (κ3) is 3.77. The molecule has 0 amide bonds. The molecule has 0 saturated heterocycles. The van der Waals surface area contributed by atoms with Crippen molar-refractivity contribution in [3.8, 4) is 0 Å². The van der Waals surface area contributed by atoms with Crippen molar-refractivity contribution in [2.75, 3.05) is 5.32 Å². The molecule has 1 heterocycles. The molecule has 0 fully saturated rings. The van der Waals surface area contributed by atoms with E-state index in [-0.39, 0.29) is 10.5 Å². The van der Waals surface area contributed by atoms with Crippen LogP contribution in [0.25, 0.3) is 0 Å². The summed E-state index contributed by atoms with van der Waals surface area (Å²) in [6.07, 6.45) is 3.28. The maximum atomic E-state index is 11.3. The molecule has 0 aliphatic rings. The van der Waals surface area contributed by atoms with Crippen molar-refractivity contribution in [2.24, 2.45) is 5.14 Å². The number of primary sulfonamides is 1. The van der Waals surface area contributed by atoms with Crippen LogP contribution >= 0.6 is 0 Å². The SMILES string of the molecule is NS(=O)(=O)c1ccc(NCc2cccnc2)c(C(=O)O)c1. The number of aromatic nitrogens is 1. The van der Waals surface area contributed by atoms with Gasteiger partial charge in [0.15, 0.2) is 0 Å². The van der Waals surface area contributed by atoms with Gasteiger partial charge in [0, 0.05) is 24.6 Å². The van der Waals surface area contributed by atoms with E-state index in [9.17, 15) is 13.2 Å². The minimum Gasteiger partial charge on any atom is -0.478 e. The van der Waals surface area contributed by atoms with Crippen LogP contribution in [-0.4, -0.2) is 24.5 Å². The number of hydrogen-bond donors (Lipinski definition) is 3. The van der Waals surface area contributed by atoms with Gasteiger partial charge >= 0.3 is 5.97 Å². The first-order chi connectivity index (χ1) is 9.88. The predicted molar refractivity (Wildman–Crippen MR) is 76.3 cm³/mol. The molecule has 8 heteroatoms. The van der Waals surface area contributed by atoms with Gasteiger partial charge in [-0.3, -0.25) is 4.98 Å². The third-order valence-electron chi connectivity index (χ3n) is 2.76. The molecule has 2 rings (SSSR count). The van der Waals surface area contributed by atoms with Crippen molar-refractivity contribution in [2.45, 2.75) is 11.4 Å². The number of benzene rings is 1. The highest BCUT2D eigenvalue weighted by atomic mass is 32.2. The summed E-state index contributed by atoms with van der Waals surface area (Å²) in [6.45, 7) is 0.364. The normalized spacial score (nSPS) is 11.1. The second-order valence-electron chi connectivity index (χ2n) is 4.27. The summed E-state index contributed by atoms with van der Waals surface area (Å²) in [6, 6.07) is 7.26. The Morgan fingerprint density at radius 2 is 2.10 bits per heavy atom. The molecule has 0 aliphatic heterocycles. The van der Waals surface area contributed by atoms with Gasteiger partial charge in [-0.1, -0.05) is 6.07 Å². The lowest BCUT2D eigenvalue weighted by molar-refractivity contribution is 0.0697. The second-order valence-corrected chi connectivity index (χ2v) is 5.83. The highest BCUT2D eigenvalue weighted by Crippen LogP contribution is 2.20. The fourth-order valence-corrected chi connectivity index (χ4v) is 2.27. The molecule has 21 heavy (non-hydrogen) atoms. The van der Waals surface area contributed by atoms with Crippen molar-refractivity contribution in [3.63, 3.8) is 0 Å². The monoisotopic (exact) mass is 307 g/mol. The number of nitrogens with two attached hydrogens (primary N) is 1. The van der Waals surface area contributed by atoms with Crippen LogP contribution in [0.3, 0.4) is 0 Å². The van der Waals surface area contributed by atoms with E-state index in [1.165, 1.54) is 12.1 Å². The maximum Gasteiger partial charge on any atom is 0.337 e. The van der Waals surface area contributed by atoms with Gasteiger partial charge < -0.3 is 10.4 Å². The number of hydrogen-bond acceptors (Lipinski definition) is 5. The van der Waals surface area contributed by atoms with Gasteiger partial charge in [-0.05, 0) is 29.8 Å². The van der Waals surface area contributed by atoms with E-state index in [0.717, 1.165) is 11.6 Å². The smallest absolute Gasteiger partial charge is 0.337 e. The van der Waals surface area contributed by atoms with E-state index < -0.39 is 16.0 Å². The zero-order valence-corrected chi connectivity index (χ0v) is 11.7. The van der Waals surface area contributed by atoms with Gasteiger partial charge in [-0.2, -0.15) is 0 Å². The summed E-state index contributed by atoms with van der Waals surface area (Å²) in [7, 11) is -3.94. The van der Waals surface area contributed by atoms with E-state index >= 15 is 0 Å². The summed E-state index contributed by atoms with van der Waals surface area (Å²) in [5.74, 6) is -1.24. The Morgan fingerprint density at radius 3 is 2.67 bits per heavy atom. The molecule has 1 aromatic carbocycles. The van der Waals surface area contributed by atoms with Gasteiger partial charge in [0.05, 0.1) is 10.5 Å². The lowest BCUT2D eigenvalue weighted by Crippen LogP contribution is -2.14. The number of aromatic carboxylic acids is 1. The first-order valence-corrected chi connectivity index (χ1v) is 7.45. The van der Waals surface area contributed by atoms with E-state index in [1.807, 2.05) is 6.07 Å². The Balaban J connectivity index is 2.29. The van der Waals surface area contributed by atoms with Crippen LogP contribution in [0.15, 0.2) is 47.6 Å². The topological polar surface area (TPSA) is 122 Å². The van der Waals surface area contributed by atoms with Crippen molar-refractivity contribution < 1.29 is 18.3 Å². The first-order valence-electron chi connectivity index (χ1n) is 5.91. The summed E-state index contributed by atoms with van der Waals surface area (Å²) in [4.78, 5) is 14.9. The molecule has 0 atom stereocenters. The number of sulfonamides is 1. The predicted octanol–water partition coefficient (Wildman–Crippen LogP) is 1.04. The van der Waals surface area contributed by atoms with Crippen molar-refractivity contribution in [1.29, 1.82) is 0 Å². The van der Waals surface area contributed by atoms with Crippen LogP contribution in [0.5, 0.6) is 0 Å². The van der Waals surface area contributed by atoms with E-state index in [2.05, 4.69) is 10.3 Å². The largest absolute Gasteiger partial charge is 0.478 e. The lowest BCUT2D eigenvalue weighted by Gasteiger charge is -2.10. The number of anilines is 1. The van der Waals surface area contributed by atoms with Crippen molar-refractivity contribution in [1.82, 2.24) is 4.98 Å². The fraction of sp³-hybridized carbons (Fsp3) is 0.0769. The quantitative estimate of drug-likeness (QED) is 0.758. The van der Waals surface area contributed by atoms with Gasteiger partial charge in [-0.15, -0.1) is 0 Å². The summed E-state index contributed by atoms with van der Waals surface area (Å²) in [5.41, 5.74) is 1.01. The average Bonchev–Trinajstić information content (AvgIpc) is 2.45. The van der Waals surface area contributed by atoms with E-state index in [4.69, 9.17) is 10.2 Å². The molecule has 0 bridgehead atoms. The van der Waals surface area contributed by atoms with Crippen LogP contribution in [0, 0.1) is 0 Å². The summed E-state index contributed by atoms with van der Waals surface area (Å²) < 4.78 is 22.5. The lowest BCUT2D eigenvalue weighted by atomic mass is 10.1.